The zero-order valence-corrected chi connectivity index (χ0v) is 16.6. The summed E-state index contributed by atoms with van der Waals surface area (Å²) in [6.45, 7) is 4.05. The highest BCUT2D eigenvalue weighted by Crippen LogP contribution is 2.26. The van der Waals surface area contributed by atoms with E-state index in [2.05, 4.69) is 21.7 Å². The van der Waals surface area contributed by atoms with E-state index in [-0.39, 0.29) is 35.0 Å². The van der Waals surface area contributed by atoms with Crippen LogP contribution in [0, 0.1) is 5.41 Å². The van der Waals surface area contributed by atoms with Gasteiger partial charge >= 0.3 is 0 Å². The Morgan fingerprint density at radius 2 is 1.64 bits per heavy atom. The molecule has 1 fully saturated rings. The van der Waals surface area contributed by atoms with Crippen molar-refractivity contribution >= 4 is 32.5 Å². The van der Waals surface area contributed by atoms with E-state index >= 15 is 0 Å². The summed E-state index contributed by atoms with van der Waals surface area (Å²) in [5.41, 5.74) is -0.0537. The van der Waals surface area contributed by atoms with E-state index in [4.69, 9.17) is 0 Å². The van der Waals surface area contributed by atoms with Gasteiger partial charge in [-0.15, -0.1) is 12.4 Å². The van der Waals surface area contributed by atoms with Crippen LogP contribution >= 0.6 is 12.4 Å². The van der Waals surface area contributed by atoms with Crippen LogP contribution in [0.5, 0.6) is 0 Å². The van der Waals surface area contributed by atoms with E-state index < -0.39 is 20.0 Å². The average Bonchev–Trinajstić information content (AvgIpc) is 2.54. The molecule has 0 atom stereocenters. The molecule has 0 spiro atoms. The van der Waals surface area contributed by atoms with Crippen LogP contribution in [0.1, 0.15) is 19.8 Å². The lowest BCUT2D eigenvalue weighted by atomic mass is 9.81. The molecule has 0 aromatic heterocycles. The van der Waals surface area contributed by atoms with Gasteiger partial charge in [0.25, 0.3) is 0 Å². The predicted octanol–water partition coefficient (Wildman–Crippen LogP) is 0.696. The standard InChI is InChI=1S/C15H25N3O4S2.ClH/c1-15(7-9-16-10-8-15)13-18-23(19,20)12-11-17-24(21,22)14-5-3-2-4-6-14;/h2-6,16-18H,7-13H2,1H3;1H. The molecule has 0 saturated carbocycles. The molecule has 1 aliphatic rings. The Morgan fingerprint density at radius 1 is 1.04 bits per heavy atom. The maximum atomic E-state index is 12.1. The maximum absolute atomic E-state index is 12.1. The van der Waals surface area contributed by atoms with Crippen LogP contribution in [0.3, 0.4) is 0 Å². The molecular formula is C15H26ClN3O4S2. The highest BCUT2D eigenvalue weighted by molar-refractivity contribution is 7.90. The number of piperidine rings is 1. The van der Waals surface area contributed by atoms with Crippen molar-refractivity contribution in [1.29, 1.82) is 0 Å². The predicted molar refractivity (Wildman–Crippen MR) is 101 cm³/mol. The van der Waals surface area contributed by atoms with Crippen LogP contribution in [0.15, 0.2) is 35.2 Å². The van der Waals surface area contributed by atoms with Gasteiger partial charge in [-0.05, 0) is 43.5 Å². The molecule has 0 unspecified atom stereocenters. The molecule has 1 saturated heterocycles. The lowest BCUT2D eigenvalue weighted by Gasteiger charge is -2.34. The number of hydrogen-bond donors (Lipinski definition) is 3. The van der Waals surface area contributed by atoms with Crippen LogP contribution in [0.2, 0.25) is 0 Å². The smallest absolute Gasteiger partial charge is 0.240 e. The number of rotatable bonds is 8. The normalized spacial score (nSPS) is 17.6. The molecular weight excluding hydrogens is 386 g/mol. The van der Waals surface area contributed by atoms with E-state index in [0.29, 0.717) is 6.54 Å². The third-order valence-corrected chi connectivity index (χ3v) is 7.05. The van der Waals surface area contributed by atoms with Crippen LogP contribution in [-0.2, 0) is 20.0 Å². The van der Waals surface area contributed by atoms with Gasteiger partial charge in [0, 0.05) is 13.1 Å². The van der Waals surface area contributed by atoms with E-state index in [0.717, 1.165) is 25.9 Å². The second kappa shape index (κ2) is 9.29. The Bertz CT molecular complexity index is 733. The summed E-state index contributed by atoms with van der Waals surface area (Å²) >= 11 is 0. The van der Waals surface area contributed by atoms with Crippen molar-refractivity contribution in [3.63, 3.8) is 0 Å². The number of sulfonamides is 2. The third kappa shape index (κ3) is 7.20. The van der Waals surface area contributed by atoms with E-state index in [1.54, 1.807) is 18.2 Å². The minimum Gasteiger partial charge on any atom is -0.317 e. The van der Waals surface area contributed by atoms with Crippen molar-refractivity contribution in [3.05, 3.63) is 30.3 Å². The highest BCUT2D eigenvalue weighted by atomic mass is 35.5. The van der Waals surface area contributed by atoms with Crippen molar-refractivity contribution in [2.24, 2.45) is 5.41 Å². The van der Waals surface area contributed by atoms with Gasteiger partial charge in [0.15, 0.2) is 0 Å². The molecule has 0 radical (unpaired) electrons. The first-order valence-corrected chi connectivity index (χ1v) is 11.1. The molecule has 10 heteroatoms. The molecule has 7 nitrogen and oxygen atoms in total. The summed E-state index contributed by atoms with van der Waals surface area (Å²) in [7, 11) is -7.20. The van der Waals surface area contributed by atoms with Crippen LogP contribution in [0.25, 0.3) is 0 Å². The van der Waals surface area contributed by atoms with Crippen LogP contribution in [0.4, 0.5) is 0 Å². The van der Waals surface area contributed by atoms with Gasteiger partial charge in [0.2, 0.25) is 20.0 Å². The van der Waals surface area contributed by atoms with Crippen molar-refractivity contribution in [1.82, 2.24) is 14.8 Å². The van der Waals surface area contributed by atoms with Crippen molar-refractivity contribution in [2.45, 2.75) is 24.7 Å². The van der Waals surface area contributed by atoms with Gasteiger partial charge in [-0.25, -0.2) is 26.3 Å². The Hall–Kier alpha value is -0.710. The first-order valence-electron chi connectivity index (χ1n) is 7.95. The average molecular weight is 412 g/mol. The molecule has 1 aliphatic heterocycles. The molecule has 3 N–H and O–H groups in total. The minimum atomic E-state index is -3.68. The van der Waals surface area contributed by atoms with E-state index in [1.807, 2.05) is 0 Å². The van der Waals surface area contributed by atoms with Gasteiger partial charge in [0.05, 0.1) is 10.6 Å². The monoisotopic (exact) mass is 411 g/mol. The molecule has 1 aromatic rings. The van der Waals surface area contributed by atoms with Crippen LogP contribution < -0.4 is 14.8 Å². The lowest BCUT2D eigenvalue weighted by molar-refractivity contribution is 0.232. The van der Waals surface area contributed by atoms with Gasteiger partial charge in [-0.2, -0.15) is 0 Å². The Labute approximate surface area is 156 Å². The summed E-state index contributed by atoms with van der Waals surface area (Å²) in [5.74, 6) is -0.284. The summed E-state index contributed by atoms with van der Waals surface area (Å²) in [6.07, 6.45) is 1.83. The fraction of sp³-hybridized carbons (Fsp3) is 0.600. The molecule has 25 heavy (non-hydrogen) atoms. The van der Waals surface area contributed by atoms with Crippen molar-refractivity contribution < 1.29 is 16.8 Å². The summed E-state index contributed by atoms with van der Waals surface area (Å²) in [4.78, 5) is 0.123. The molecule has 144 valence electrons. The quantitative estimate of drug-likeness (QED) is 0.584. The van der Waals surface area contributed by atoms with Crippen molar-refractivity contribution in [2.75, 3.05) is 31.9 Å². The topological polar surface area (TPSA) is 104 Å². The molecule has 2 rings (SSSR count). The summed E-state index contributed by atoms with van der Waals surface area (Å²) in [5, 5.41) is 3.25. The Kier molecular flexibility index (Phi) is 8.30. The first-order chi connectivity index (χ1) is 11.2. The minimum absolute atomic E-state index is 0. The van der Waals surface area contributed by atoms with Gasteiger partial charge in [-0.1, -0.05) is 25.1 Å². The van der Waals surface area contributed by atoms with E-state index in [9.17, 15) is 16.8 Å². The molecule has 0 bridgehead atoms. The van der Waals surface area contributed by atoms with Gasteiger partial charge in [0.1, 0.15) is 0 Å². The SMILES string of the molecule is CC1(CNS(=O)(=O)CCNS(=O)(=O)c2ccccc2)CCNCC1.Cl. The second-order valence-electron chi connectivity index (χ2n) is 6.41. The molecule has 1 heterocycles. The van der Waals surface area contributed by atoms with Crippen LogP contribution in [-0.4, -0.2) is 48.8 Å². The number of benzene rings is 1. The Balaban J connectivity index is 0.00000312. The lowest BCUT2D eigenvalue weighted by Crippen LogP contribution is -2.44. The van der Waals surface area contributed by atoms with E-state index in [1.165, 1.54) is 12.1 Å². The maximum Gasteiger partial charge on any atom is 0.240 e. The number of halogens is 1. The number of nitrogens with one attached hydrogen (secondary N) is 3. The zero-order chi connectivity index (χ0) is 17.7. The van der Waals surface area contributed by atoms with Gasteiger partial charge in [-0.3, -0.25) is 0 Å². The Morgan fingerprint density at radius 3 is 2.24 bits per heavy atom. The first kappa shape index (κ1) is 22.3. The fourth-order valence-electron chi connectivity index (χ4n) is 2.56. The van der Waals surface area contributed by atoms with Crippen molar-refractivity contribution in [3.8, 4) is 0 Å². The summed E-state index contributed by atoms with van der Waals surface area (Å²) in [6, 6.07) is 7.88. The molecule has 1 aromatic carbocycles. The highest BCUT2D eigenvalue weighted by Gasteiger charge is 2.28. The zero-order valence-electron chi connectivity index (χ0n) is 14.2. The number of hydrogen-bond acceptors (Lipinski definition) is 5. The third-order valence-electron chi connectivity index (χ3n) is 4.25. The summed E-state index contributed by atoms with van der Waals surface area (Å²) < 4.78 is 53.2. The largest absolute Gasteiger partial charge is 0.317 e. The second-order valence-corrected chi connectivity index (χ2v) is 10.1. The molecule has 0 amide bonds. The van der Waals surface area contributed by atoms with Gasteiger partial charge < -0.3 is 5.32 Å². The fourth-order valence-corrected chi connectivity index (χ4v) is 4.82. The molecule has 0 aliphatic carbocycles.